The number of aliphatic imine (C=N–C) groups is 1. The van der Waals surface area contributed by atoms with E-state index < -0.39 is 0 Å². The maximum absolute atomic E-state index is 4.60. The van der Waals surface area contributed by atoms with Gasteiger partial charge in [-0.15, -0.1) is 35.3 Å². The van der Waals surface area contributed by atoms with Crippen molar-refractivity contribution >= 4 is 41.3 Å². The smallest absolute Gasteiger partial charge is 0.191 e. The van der Waals surface area contributed by atoms with E-state index in [1.165, 1.54) is 10.4 Å². The van der Waals surface area contributed by atoms with E-state index in [1.54, 1.807) is 11.3 Å². The fraction of sp³-hybridized carbons (Fsp3) is 0.467. The Kier molecular flexibility index (Phi) is 7.88. The van der Waals surface area contributed by atoms with Crippen molar-refractivity contribution in [2.24, 2.45) is 12.0 Å². The highest BCUT2D eigenvalue weighted by molar-refractivity contribution is 14.0. The van der Waals surface area contributed by atoms with E-state index in [9.17, 15) is 0 Å². The predicted octanol–water partition coefficient (Wildman–Crippen LogP) is 2.97. The summed E-state index contributed by atoms with van der Waals surface area (Å²) in [6, 6.07) is 2.08. The van der Waals surface area contributed by atoms with Crippen LogP contribution in [-0.2, 0) is 20.1 Å². The summed E-state index contributed by atoms with van der Waals surface area (Å²) in [6.07, 6.45) is 4.12. The standard InChI is InChI=1S/C15H23N5S.HI/c1-5-16-15(17-8-13-6-7-20(4)10-13)18-9-14-19-11(2)12(3)21-14;/h6-7,10H,5,8-9H2,1-4H3,(H2,16,17,18);1H. The topological polar surface area (TPSA) is 54.2 Å². The lowest BCUT2D eigenvalue weighted by molar-refractivity contribution is 0.809. The highest BCUT2D eigenvalue weighted by Gasteiger charge is 2.04. The van der Waals surface area contributed by atoms with Crippen molar-refractivity contribution in [3.05, 3.63) is 39.6 Å². The predicted molar refractivity (Wildman–Crippen MR) is 104 cm³/mol. The van der Waals surface area contributed by atoms with Gasteiger partial charge < -0.3 is 15.2 Å². The molecule has 0 saturated carbocycles. The number of nitrogens with zero attached hydrogens (tertiary/aromatic N) is 3. The summed E-state index contributed by atoms with van der Waals surface area (Å²) in [4.78, 5) is 10.4. The first kappa shape index (κ1) is 19.0. The van der Waals surface area contributed by atoms with E-state index in [1.807, 2.05) is 24.7 Å². The Hall–Kier alpha value is -1.09. The third kappa shape index (κ3) is 5.60. The molecule has 0 aliphatic carbocycles. The van der Waals surface area contributed by atoms with Gasteiger partial charge in [0.25, 0.3) is 0 Å². The molecule has 5 nitrogen and oxygen atoms in total. The first-order valence-electron chi connectivity index (χ1n) is 7.14. The molecule has 0 radical (unpaired) electrons. The van der Waals surface area contributed by atoms with Crippen LogP contribution >= 0.6 is 35.3 Å². The van der Waals surface area contributed by atoms with Crippen LogP contribution in [0, 0.1) is 13.8 Å². The summed E-state index contributed by atoms with van der Waals surface area (Å²) in [6.45, 7) is 8.44. The van der Waals surface area contributed by atoms with Gasteiger partial charge >= 0.3 is 0 Å². The van der Waals surface area contributed by atoms with Gasteiger partial charge in [0, 0.05) is 30.9 Å². The molecule has 0 bridgehead atoms. The van der Waals surface area contributed by atoms with Crippen molar-refractivity contribution in [1.82, 2.24) is 20.2 Å². The number of hydrogen-bond acceptors (Lipinski definition) is 3. The van der Waals surface area contributed by atoms with Gasteiger partial charge in [0.1, 0.15) is 5.01 Å². The molecule has 2 aromatic rings. The van der Waals surface area contributed by atoms with E-state index in [2.05, 4.69) is 46.7 Å². The summed E-state index contributed by atoms with van der Waals surface area (Å²) in [7, 11) is 2.02. The molecule has 2 N–H and O–H groups in total. The molecular formula is C15H24IN5S. The lowest BCUT2D eigenvalue weighted by atomic mass is 10.3. The average Bonchev–Trinajstić information content (AvgIpc) is 3.00. The third-order valence-electron chi connectivity index (χ3n) is 3.14. The Labute approximate surface area is 153 Å². The fourth-order valence-corrected chi connectivity index (χ4v) is 2.81. The van der Waals surface area contributed by atoms with Gasteiger partial charge in [-0.05, 0) is 32.4 Å². The van der Waals surface area contributed by atoms with Crippen LogP contribution in [0.25, 0.3) is 0 Å². The first-order valence-corrected chi connectivity index (χ1v) is 7.96. The van der Waals surface area contributed by atoms with Gasteiger partial charge in [0.15, 0.2) is 5.96 Å². The maximum atomic E-state index is 4.60. The first-order chi connectivity index (χ1) is 10.1. The molecule has 0 aliphatic rings. The molecule has 0 saturated heterocycles. The second-order valence-corrected chi connectivity index (χ2v) is 6.27. The maximum Gasteiger partial charge on any atom is 0.191 e. The lowest BCUT2D eigenvalue weighted by Crippen LogP contribution is -2.36. The fourth-order valence-electron chi connectivity index (χ4n) is 1.94. The van der Waals surface area contributed by atoms with Crippen LogP contribution in [0.1, 0.15) is 28.1 Å². The van der Waals surface area contributed by atoms with Crippen LogP contribution in [0.3, 0.4) is 0 Å². The highest BCUT2D eigenvalue weighted by Crippen LogP contribution is 2.15. The average molecular weight is 433 g/mol. The molecule has 2 aromatic heterocycles. The molecule has 122 valence electrons. The Bertz CT molecular complexity index is 598. The monoisotopic (exact) mass is 433 g/mol. The number of nitrogens with one attached hydrogen (secondary N) is 2. The van der Waals surface area contributed by atoms with Crippen molar-refractivity contribution in [3.8, 4) is 0 Å². The van der Waals surface area contributed by atoms with Crippen LogP contribution < -0.4 is 10.6 Å². The van der Waals surface area contributed by atoms with Gasteiger partial charge in [-0.2, -0.15) is 0 Å². The van der Waals surface area contributed by atoms with Gasteiger partial charge in [-0.3, -0.25) is 0 Å². The molecule has 0 unspecified atom stereocenters. The summed E-state index contributed by atoms with van der Waals surface area (Å²) in [5, 5.41) is 7.69. The van der Waals surface area contributed by atoms with Crippen molar-refractivity contribution in [2.45, 2.75) is 33.9 Å². The molecule has 2 heterocycles. The normalized spacial score (nSPS) is 11.2. The molecule has 0 spiro atoms. The molecule has 22 heavy (non-hydrogen) atoms. The molecule has 2 rings (SSSR count). The Morgan fingerprint density at radius 1 is 1.36 bits per heavy atom. The van der Waals surface area contributed by atoms with Gasteiger partial charge in [-0.1, -0.05) is 0 Å². The van der Waals surface area contributed by atoms with Crippen LogP contribution in [0.2, 0.25) is 0 Å². The molecule has 0 atom stereocenters. The summed E-state index contributed by atoms with van der Waals surface area (Å²) in [5.41, 5.74) is 2.32. The lowest BCUT2D eigenvalue weighted by Gasteiger charge is -2.09. The molecule has 0 aliphatic heterocycles. The Morgan fingerprint density at radius 3 is 2.68 bits per heavy atom. The van der Waals surface area contributed by atoms with Crippen LogP contribution in [0.15, 0.2) is 23.5 Å². The molecule has 7 heteroatoms. The van der Waals surface area contributed by atoms with Crippen LogP contribution in [-0.4, -0.2) is 22.1 Å². The second-order valence-electron chi connectivity index (χ2n) is 4.98. The number of aromatic nitrogens is 2. The molecule has 0 amide bonds. The van der Waals surface area contributed by atoms with Crippen molar-refractivity contribution in [1.29, 1.82) is 0 Å². The van der Waals surface area contributed by atoms with E-state index in [0.717, 1.165) is 23.2 Å². The minimum Gasteiger partial charge on any atom is -0.357 e. The summed E-state index contributed by atoms with van der Waals surface area (Å²) < 4.78 is 2.03. The zero-order valence-corrected chi connectivity index (χ0v) is 16.7. The third-order valence-corrected chi connectivity index (χ3v) is 4.21. The number of guanidine groups is 1. The number of halogens is 1. The van der Waals surface area contributed by atoms with E-state index in [0.29, 0.717) is 13.1 Å². The molecular weight excluding hydrogens is 409 g/mol. The zero-order valence-electron chi connectivity index (χ0n) is 13.5. The number of aryl methyl sites for hydroxylation is 3. The van der Waals surface area contributed by atoms with Gasteiger partial charge in [-0.25, -0.2) is 9.98 Å². The van der Waals surface area contributed by atoms with E-state index in [4.69, 9.17) is 0 Å². The van der Waals surface area contributed by atoms with Crippen molar-refractivity contribution in [3.63, 3.8) is 0 Å². The largest absolute Gasteiger partial charge is 0.357 e. The van der Waals surface area contributed by atoms with Crippen molar-refractivity contribution in [2.75, 3.05) is 6.54 Å². The second kappa shape index (κ2) is 9.14. The number of hydrogen-bond donors (Lipinski definition) is 2. The minimum atomic E-state index is 0. The highest BCUT2D eigenvalue weighted by atomic mass is 127. The minimum absolute atomic E-state index is 0. The Morgan fingerprint density at radius 2 is 2.14 bits per heavy atom. The summed E-state index contributed by atoms with van der Waals surface area (Å²) >= 11 is 1.73. The quantitative estimate of drug-likeness (QED) is 0.433. The summed E-state index contributed by atoms with van der Waals surface area (Å²) in [5.74, 6) is 0.826. The van der Waals surface area contributed by atoms with Crippen LogP contribution in [0.5, 0.6) is 0 Å². The van der Waals surface area contributed by atoms with E-state index >= 15 is 0 Å². The number of rotatable bonds is 5. The van der Waals surface area contributed by atoms with E-state index in [-0.39, 0.29) is 24.0 Å². The molecule has 0 fully saturated rings. The van der Waals surface area contributed by atoms with Gasteiger partial charge in [0.2, 0.25) is 0 Å². The van der Waals surface area contributed by atoms with Crippen LogP contribution in [0.4, 0.5) is 0 Å². The molecule has 0 aromatic carbocycles. The van der Waals surface area contributed by atoms with Gasteiger partial charge in [0.05, 0.1) is 18.8 Å². The number of thiazole rings is 1. The SMILES string of the molecule is CCNC(=NCc1ccn(C)c1)NCc1nc(C)c(C)s1.I. The zero-order chi connectivity index (χ0) is 15.2. The van der Waals surface area contributed by atoms with Crippen molar-refractivity contribution < 1.29 is 0 Å². The Balaban J connectivity index is 0.00000242.